The quantitative estimate of drug-likeness (QED) is 0.177. The molecule has 11 aromatic rings. The lowest BCUT2D eigenvalue weighted by Gasteiger charge is -2.15. The Morgan fingerprint density at radius 2 is 1.00 bits per heavy atom. The lowest BCUT2D eigenvalue weighted by molar-refractivity contribution is 1.19. The van der Waals surface area contributed by atoms with E-state index in [-0.39, 0.29) is 0 Å². The van der Waals surface area contributed by atoms with E-state index in [1.54, 1.807) is 0 Å². The Morgan fingerprint density at radius 3 is 1.82 bits per heavy atom. The molecule has 3 heteroatoms. The van der Waals surface area contributed by atoms with Gasteiger partial charge in [0.05, 0.1) is 27.6 Å². The number of imidazole rings is 1. The van der Waals surface area contributed by atoms with Crippen molar-refractivity contribution in [2.24, 2.45) is 0 Å². The van der Waals surface area contributed by atoms with Gasteiger partial charge in [-0.2, -0.15) is 0 Å². The summed E-state index contributed by atoms with van der Waals surface area (Å²) in [5.74, 6) is 0. The first kappa shape index (κ1) is 27.3. The van der Waals surface area contributed by atoms with Gasteiger partial charge in [-0.15, -0.1) is 0 Å². The first-order chi connectivity index (χ1) is 24.8. The molecule has 0 unspecified atom stereocenters. The maximum atomic E-state index is 5.22. The van der Waals surface area contributed by atoms with Crippen molar-refractivity contribution in [1.29, 1.82) is 0 Å². The van der Waals surface area contributed by atoms with Gasteiger partial charge in [0.1, 0.15) is 5.65 Å². The van der Waals surface area contributed by atoms with Crippen molar-refractivity contribution >= 4 is 70.9 Å². The van der Waals surface area contributed by atoms with E-state index in [0.717, 1.165) is 33.3 Å². The van der Waals surface area contributed by atoms with E-state index in [2.05, 4.69) is 185 Å². The number of para-hydroxylation sites is 3. The number of pyridine rings is 1. The summed E-state index contributed by atoms with van der Waals surface area (Å²) in [4.78, 5) is 5.22. The molecule has 0 aliphatic heterocycles. The van der Waals surface area contributed by atoms with E-state index in [1.807, 2.05) is 0 Å². The molecule has 0 saturated carbocycles. The molecule has 0 aliphatic rings. The minimum atomic E-state index is 0.977. The smallest absolute Gasteiger partial charge is 0.146 e. The Morgan fingerprint density at radius 1 is 0.360 bits per heavy atom. The Balaban J connectivity index is 1.26. The molecule has 8 aromatic carbocycles. The van der Waals surface area contributed by atoms with E-state index in [9.17, 15) is 0 Å². The molecular weight excluding hydrogens is 607 g/mol. The van der Waals surface area contributed by atoms with Gasteiger partial charge in [0.15, 0.2) is 0 Å². The molecule has 0 aliphatic carbocycles. The van der Waals surface area contributed by atoms with Crippen molar-refractivity contribution in [1.82, 2.24) is 14.0 Å². The zero-order valence-corrected chi connectivity index (χ0v) is 27.1. The van der Waals surface area contributed by atoms with Crippen LogP contribution in [0.25, 0.3) is 98.9 Å². The third-order valence-electron chi connectivity index (χ3n) is 10.5. The molecule has 3 heterocycles. The second-order valence-corrected chi connectivity index (χ2v) is 13.2. The van der Waals surface area contributed by atoms with Gasteiger partial charge < -0.3 is 4.57 Å². The van der Waals surface area contributed by atoms with Crippen LogP contribution >= 0.6 is 0 Å². The second-order valence-electron chi connectivity index (χ2n) is 13.2. The summed E-state index contributed by atoms with van der Waals surface area (Å²) in [7, 11) is 0. The highest BCUT2D eigenvalue weighted by atomic mass is 15.0. The van der Waals surface area contributed by atoms with Gasteiger partial charge in [0.25, 0.3) is 0 Å². The number of rotatable bonds is 3. The van der Waals surface area contributed by atoms with Crippen LogP contribution in [0.5, 0.6) is 0 Å². The molecule has 0 N–H and O–H groups in total. The molecule has 50 heavy (non-hydrogen) atoms. The largest absolute Gasteiger partial charge is 0.309 e. The predicted octanol–water partition coefficient (Wildman–Crippen LogP) is 12.4. The average molecular weight is 636 g/mol. The molecule has 3 aromatic heterocycles. The van der Waals surface area contributed by atoms with Crippen molar-refractivity contribution in [3.8, 4) is 27.9 Å². The van der Waals surface area contributed by atoms with Crippen LogP contribution in [0.1, 0.15) is 0 Å². The van der Waals surface area contributed by atoms with Crippen LogP contribution in [0.15, 0.2) is 176 Å². The topological polar surface area (TPSA) is 22.2 Å². The van der Waals surface area contributed by atoms with Crippen molar-refractivity contribution in [2.45, 2.75) is 0 Å². The highest BCUT2D eigenvalue weighted by Crippen LogP contribution is 2.42. The van der Waals surface area contributed by atoms with Crippen LogP contribution in [0.4, 0.5) is 0 Å². The highest BCUT2D eigenvalue weighted by molar-refractivity contribution is 6.22. The van der Waals surface area contributed by atoms with Gasteiger partial charge in [-0.3, -0.25) is 4.40 Å². The van der Waals surface area contributed by atoms with Crippen LogP contribution in [-0.4, -0.2) is 14.0 Å². The van der Waals surface area contributed by atoms with Gasteiger partial charge in [0, 0.05) is 32.6 Å². The van der Waals surface area contributed by atoms with Gasteiger partial charge in [-0.25, -0.2) is 4.98 Å². The fraction of sp³-hybridized carbons (Fsp3) is 0. The van der Waals surface area contributed by atoms with Gasteiger partial charge in [-0.1, -0.05) is 127 Å². The van der Waals surface area contributed by atoms with Crippen LogP contribution in [0.3, 0.4) is 0 Å². The van der Waals surface area contributed by atoms with E-state index >= 15 is 0 Å². The zero-order chi connectivity index (χ0) is 32.8. The Hall–Kier alpha value is -6.71. The molecule has 11 rings (SSSR count). The molecule has 3 nitrogen and oxygen atoms in total. The third kappa shape index (κ3) is 3.83. The lowest BCUT2D eigenvalue weighted by atomic mass is 9.95. The molecule has 0 spiro atoms. The number of hydrogen-bond donors (Lipinski definition) is 0. The van der Waals surface area contributed by atoms with Crippen molar-refractivity contribution in [3.63, 3.8) is 0 Å². The number of nitrogens with zero attached hydrogens (tertiary/aromatic N) is 3. The minimum absolute atomic E-state index is 0.977. The first-order valence-corrected chi connectivity index (χ1v) is 17.1. The van der Waals surface area contributed by atoms with E-state index < -0.39 is 0 Å². The summed E-state index contributed by atoms with van der Waals surface area (Å²) < 4.78 is 4.82. The number of fused-ring (bicyclic) bond motifs is 13. The predicted molar refractivity (Wildman–Crippen MR) is 210 cm³/mol. The summed E-state index contributed by atoms with van der Waals surface area (Å²) in [6, 6.07) is 63.8. The Bertz CT molecular complexity index is 3130. The molecule has 0 bridgehead atoms. The van der Waals surface area contributed by atoms with E-state index in [1.165, 1.54) is 65.6 Å². The van der Waals surface area contributed by atoms with E-state index in [0.29, 0.717) is 0 Å². The van der Waals surface area contributed by atoms with Gasteiger partial charge in [-0.05, 0) is 81.6 Å². The average Bonchev–Trinajstić information content (AvgIpc) is 3.75. The lowest BCUT2D eigenvalue weighted by Crippen LogP contribution is -1.97. The van der Waals surface area contributed by atoms with Crippen LogP contribution < -0.4 is 0 Å². The molecule has 0 atom stereocenters. The van der Waals surface area contributed by atoms with E-state index in [4.69, 9.17) is 4.98 Å². The molecule has 232 valence electrons. The summed E-state index contributed by atoms with van der Waals surface area (Å²) >= 11 is 0. The second kappa shape index (κ2) is 10.4. The molecule has 0 saturated heterocycles. The van der Waals surface area contributed by atoms with Crippen molar-refractivity contribution in [3.05, 3.63) is 176 Å². The third-order valence-corrected chi connectivity index (χ3v) is 10.5. The monoisotopic (exact) mass is 635 g/mol. The Labute approximate surface area is 287 Å². The normalized spacial score (nSPS) is 12.0. The summed E-state index contributed by atoms with van der Waals surface area (Å²) in [6.45, 7) is 0. The summed E-state index contributed by atoms with van der Waals surface area (Å²) in [5.41, 5.74) is 12.7. The number of hydrogen-bond acceptors (Lipinski definition) is 1. The van der Waals surface area contributed by atoms with Crippen LogP contribution in [0, 0.1) is 0 Å². The number of aromatic nitrogens is 3. The molecule has 0 fully saturated rings. The fourth-order valence-electron chi connectivity index (χ4n) is 8.24. The van der Waals surface area contributed by atoms with Crippen LogP contribution in [-0.2, 0) is 0 Å². The van der Waals surface area contributed by atoms with Crippen molar-refractivity contribution < 1.29 is 0 Å². The van der Waals surface area contributed by atoms with Crippen molar-refractivity contribution in [2.75, 3.05) is 0 Å². The highest BCUT2D eigenvalue weighted by Gasteiger charge is 2.20. The molecule has 0 radical (unpaired) electrons. The maximum Gasteiger partial charge on any atom is 0.146 e. The molecular formula is C47H29N3. The number of benzene rings is 8. The maximum absolute atomic E-state index is 5.22. The van der Waals surface area contributed by atoms with Crippen LogP contribution in [0.2, 0.25) is 0 Å². The standard InChI is InChI=1S/C47H29N3/c1-3-13-30(14-4-1)32-23-25-36-40-28-33(24-26-38(40)47-48-42-20-10-12-22-44(42)50(47)45(36)27-32)49-43-21-11-9-18-35(43)41-29-39(31-15-5-2-6-16-31)34-17-7-8-19-37(34)46(41)49/h1-29H. The fourth-order valence-corrected chi connectivity index (χ4v) is 8.24. The zero-order valence-electron chi connectivity index (χ0n) is 27.1. The molecule has 0 amide bonds. The van der Waals surface area contributed by atoms with Gasteiger partial charge >= 0.3 is 0 Å². The first-order valence-electron chi connectivity index (χ1n) is 17.1. The summed E-state index contributed by atoms with van der Waals surface area (Å²) in [6.07, 6.45) is 0. The summed E-state index contributed by atoms with van der Waals surface area (Å²) in [5, 5.41) is 8.53. The SMILES string of the molecule is c1ccc(-c2ccc3c4cc(-n5c6ccccc6c6cc(-c7ccccc7)c7ccccc7c65)ccc4c4nc5ccccc5n4c3c2)cc1. The van der Waals surface area contributed by atoms with Gasteiger partial charge in [0.2, 0.25) is 0 Å². The minimum Gasteiger partial charge on any atom is -0.309 e. The Kier molecular flexibility index (Phi) is 5.67.